The Bertz CT molecular complexity index is 2980. The normalized spacial score (nSPS) is 17.9. The molecule has 6 aromatic carbocycles. The average molecular weight is 717 g/mol. The first kappa shape index (κ1) is 33.7. The van der Waals surface area contributed by atoms with Crippen molar-refractivity contribution in [3.05, 3.63) is 227 Å². The predicted octanol–water partition coefficient (Wildman–Crippen LogP) is 13.6. The second-order valence-corrected chi connectivity index (χ2v) is 15.0. The van der Waals surface area contributed by atoms with Crippen molar-refractivity contribution in [2.24, 2.45) is 16.8 Å². The molecule has 2 aliphatic carbocycles. The zero-order valence-electron chi connectivity index (χ0n) is 31.6. The number of aliphatic imine (C=N–C) groups is 1. The summed E-state index contributed by atoms with van der Waals surface area (Å²) < 4.78 is 0. The summed E-state index contributed by atoms with van der Waals surface area (Å²) in [6.07, 6.45) is 15.1. The van der Waals surface area contributed by atoms with Gasteiger partial charge < -0.3 is 0 Å². The molecule has 1 unspecified atom stereocenters. The van der Waals surface area contributed by atoms with Crippen LogP contribution in [-0.2, 0) is 0 Å². The lowest BCUT2D eigenvalue weighted by Gasteiger charge is -2.33. The predicted molar refractivity (Wildman–Crippen MR) is 237 cm³/mol. The minimum absolute atomic E-state index is 0.322. The fraction of sp³-hybridized carbons (Fsp3) is 0.0926. The zero-order chi connectivity index (χ0) is 37.6. The SMILES string of the molecule is CC[C@@H]1C(c2cccc3ccc4ccccc4c23)=CC=C2C=C(c3ccc4ccc(C5=NC(c6ccccc6)=CC(c6ccccc6)=C=C5C)nc4c3)C=CC21. The van der Waals surface area contributed by atoms with Crippen LogP contribution in [0.15, 0.2) is 204 Å². The molecule has 2 nitrogen and oxygen atoms in total. The lowest BCUT2D eigenvalue weighted by Crippen LogP contribution is -2.20. The maximum atomic E-state index is 5.27. The van der Waals surface area contributed by atoms with Gasteiger partial charge in [0.1, 0.15) is 0 Å². The Morgan fingerprint density at radius 2 is 1.38 bits per heavy atom. The third-order valence-electron chi connectivity index (χ3n) is 11.6. The highest BCUT2D eigenvalue weighted by atomic mass is 14.8. The van der Waals surface area contributed by atoms with Gasteiger partial charge in [-0.25, -0.2) is 9.98 Å². The molecule has 0 bridgehead atoms. The van der Waals surface area contributed by atoms with Crippen LogP contribution in [0.25, 0.3) is 54.9 Å². The van der Waals surface area contributed by atoms with Crippen molar-refractivity contribution in [2.45, 2.75) is 20.3 Å². The van der Waals surface area contributed by atoms with Gasteiger partial charge in [-0.1, -0.05) is 171 Å². The number of fused-ring (bicyclic) bond motifs is 5. The van der Waals surface area contributed by atoms with Gasteiger partial charge in [-0.3, -0.25) is 0 Å². The molecule has 0 N–H and O–H groups in total. The number of allylic oxidation sites excluding steroid dienone is 10. The summed E-state index contributed by atoms with van der Waals surface area (Å²) in [7, 11) is 0. The van der Waals surface area contributed by atoms with Crippen molar-refractivity contribution in [3.8, 4) is 0 Å². The highest BCUT2D eigenvalue weighted by molar-refractivity contribution is 6.15. The highest BCUT2D eigenvalue weighted by Crippen LogP contribution is 2.46. The molecule has 266 valence electrons. The molecule has 2 atom stereocenters. The minimum Gasteiger partial charge on any atom is -0.246 e. The number of hydrogen-bond acceptors (Lipinski definition) is 2. The van der Waals surface area contributed by atoms with E-state index in [0.29, 0.717) is 11.8 Å². The van der Waals surface area contributed by atoms with Gasteiger partial charge in [-0.2, -0.15) is 0 Å². The summed E-state index contributed by atoms with van der Waals surface area (Å²) in [5.74, 6) is 0.709. The second-order valence-electron chi connectivity index (χ2n) is 15.0. The Kier molecular flexibility index (Phi) is 8.48. The molecular formula is C54H40N2. The van der Waals surface area contributed by atoms with Crippen LogP contribution >= 0.6 is 0 Å². The van der Waals surface area contributed by atoms with Gasteiger partial charge in [0.25, 0.3) is 0 Å². The van der Waals surface area contributed by atoms with E-state index in [1.54, 1.807) is 0 Å². The Balaban J connectivity index is 1.03. The van der Waals surface area contributed by atoms with E-state index in [4.69, 9.17) is 9.98 Å². The first-order valence-electron chi connectivity index (χ1n) is 19.6. The van der Waals surface area contributed by atoms with Crippen molar-refractivity contribution in [2.75, 3.05) is 0 Å². The molecule has 0 fully saturated rings. The van der Waals surface area contributed by atoms with Crippen molar-refractivity contribution in [1.29, 1.82) is 0 Å². The van der Waals surface area contributed by atoms with Crippen LogP contribution in [0.2, 0.25) is 0 Å². The standard InChI is InChI=1S/C54H40N2/c1-3-45-46-28-25-41(32-43(46)26-29-48(45)49-20-12-18-40-23-21-37-15-10-11-19-47(37)53(40)49)42-24-22-39-27-30-50(55-51(39)33-42)54-35(2)31-44(36-13-6-4-7-14-36)34-52(56-54)38-16-8-5-9-17-38/h4-30,32-34,45-46H,3H2,1-2H3/t45-,46?/m0/s1. The lowest BCUT2D eigenvalue weighted by atomic mass is 9.70. The van der Waals surface area contributed by atoms with E-state index in [-0.39, 0.29) is 0 Å². The first-order valence-corrected chi connectivity index (χ1v) is 19.6. The number of benzene rings is 6. The number of nitrogens with zero attached hydrogens (tertiary/aromatic N) is 2. The molecule has 0 amide bonds. The summed E-state index contributed by atoms with van der Waals surface area (Å²) in [5.41, 5.74) is 17.8. The summed E-state index contributed by atoms with van der Waals surface area (Å²) in [5, 5.41) is 6.35. The van der Waals surface area contributed by atoms with E-state index in [0.717, 1.165) is 62.3 Å². The summed E-state index contributed by atoms with van der Waals surface area (Å²) in [6.45, 7) is 4.42. The van der Waals surface area contributed by atoms with E-state index in [1.165, 1.54) is 43.8 Å². The Hall–Kier alpha value is -6.86. The topological polar surface area (TPSA) is 25.2 Å². The highest BCUT2D eigenvalue weighted by Gasteiger charge is 2.30. The monoisotopic (exact) mass is 716 g/mol. The average Bonchev–Trinajstić information content (AvgIpc) is 3.44. The molecule has 1 aromatic heterocycles. The smallest absolute Gasteiger partial charge is 0.1000 e. The van der Waals surface area contributed by atoms with Crippen LogP contribution in [0.1, 0.15) is 48.2 Å². The summed E-state index contributed by atoms with van der Waals surface area (Å²) >= 11 is 0. The molecule has 3 aliphatic rings. The Labute approximate surface area is 328 Å². The third kappa shape index (κ3) is 6.02. The zero-order valence-corrected chi connectivity index (χ0v) is 31.6. The molecule has 56 heavy (non-hydrogen) atoms. The maximum Gasteiger partial charge on any atom is 0.1000 e. The molecule has 0 spiro atoms. The minimum atomic E-state index is 0.322. The van der Waals surface area contributed by atoms with Crippen molar-refractivity contribution >= 4 is 60.6 Å². The van der Waals surface area contributed by atoms with Crippen LogP contribution in [0.3, 0.4) is 0 Å². The largest absolute Gasteiger partial charge is 0.246 e. The van der Waals surface area contributed by atoms with Gasteiger partial charge in [-0.15, -0.1) is 5.73 Å². The maximum absolute atomic E-state index is 5.27. The van der Waals surface area contributed by atoms with Gasteiger partial charge in [0, 0.05) is 28.0 Å². The molecule has 0 radical (unpaired) electrons. The molecule has 2 heteroatoms. The molecular weight excluding hydrogens is 677 g/mol. The van der Waals surface area contributed by atoms with E-state index in [1.807, 2.05) is 12.1 Å². The van der Waals surface area contributed by atoms with Crippen LogP contribution in [0.5, 0.6) is 0 Å². The van der Waals surface area contributed by atoms with Gasteiger partial charge in [-0.05, 0) is 92.4 Å². The van der Waals surface area contributed by atoms with E-state index in [2.05, 4.69) is 189 Å². The van der Waals surface area contributed by atoms with Gasteiger partial charge in [0.15, 0.2) is 0 Å². The molecule has 0 saturated carbocycles. The number of aromatic nitrogens is 1. The van der Waals surface area contributed by atoms with Crippen molar-refractivity contribution in [3.63, 3.8) is 0 Å². The third-order valence-corrected chi connectivity index (χ3v) is 11.6. The Morgan fingerprint density at radius 3 is 2.21 bits per heavy atom. The van der Waals surface area contributed by atoms with Crippen molar-refractivity contribution < 1.29 is 0 Å². The van der Waals surface area contributed by atoms with Crippen LogP contribution in [0, 0.1) is 11.8 Å². The molecule has 2 heterocycles. The quantitative estimate of drug-likeness (QED) is 0.124. The number of pyridine rings is 1. The van der Waals surface area contributed by atoms with Crippen molar-refractivity contribution in [1.82, 2.24) is 4.98 Å². The molecule has 0 saturated heterocycles. The second kappa shape index (κ2) is 14.1. The van der Waals surface area contributed by atoms with Gasteiger partial charge >= 0.3 is 0 Å². The van der Waals surface area contributed by atoms with Crippen LogP contribution in [-0.4, -0.2) is 10.7 Å². The van der Waals surface area contributed by atoms with E-state index in [9.17, 15) is 0 Å². The van der Waals surface area contributed by atoms with Crippen LogP contribution < -0.4 is 0 Å². The number of rotatable bonds is 6. The summed E-state index contributed by atoms with van der Waals surface area (Å²) in [4.78, 5) is 10.5. The fourth-order valence-electron chi connectivity index (χ4n) is 8.79. The summed E-state index contributed by atoms with van der Waals surface area (Å²) in [6, 6.07) is 51.8. The fourth-order valence-corrected chi connectivity index (χ4v) is 8.79. The van der Waals surface area contributed by atoms with Crippen LogP contribution in [0.4, 0.5) is 0 Å². The van der Waals surface area contributed by atoms with Gasteiger partial charge in [0.2, 0.25) is 0 Å². The number of hydrogen-bond donors (Lipinski definition) is 0. The molecule has 7 aromatic rings. The molecule has 1 aliphatic heterocycles. The van der Waals surface area contributed by atoms with E-state index < -0.39 is 0 Å². The Morgan fingerprint density at radius 1 is 0.643 bits per heavy atom. The van der Waals surface area contributed by atoms with E-state index >= 15 is 0 Å². The van der Waals surface area contributed by atoms with Gasteiger partial charge in [0.05, 0.1) is 22.6 Å². The lowest BCUT2D eigenvalue weighted by molar-refractivity contribution is 0.534. The first-order chi connectivity index (χ1) is 27.6. The molecule has 10 rings (SSSR count).